The van der Waals surface area contributed by atoms with Crippen molar-refractivity contribution in [2.24, 2.45) is 0 Å². The minimum absolute atomic E-state index is 0.00195. The van der Waals surface area contributed by atoms with Gasteiger partial charge in [0, 0.05) is 19.5 Å². The number of hydrogen-bond acceptors (Lipinski definition) is 5. The summed E-state index contributed by atoms with van der Waals surface area (Å²) < 4.78 is 4.77. The van der Waals surface area contributed by atoms with E-state index >= 15 is 0 Å². The third-order valence-electron chi connectivity index (χ3n) is 3.09. The molecule has 2 N–H and O–H groups in total. The largest absolute Gasteiger partial charge is 0.480 e. The van der Waals surface area contributed by atoms with Crippen molar-refractivity contribution >= 4 is 18.0 Å². The monoisotopic (exact) mass is 288 g/mol. The Kier molecular flexibility index (Phi) is 5.75. The van der Waals surface area contributed by atoms with Crippen molar-refractivity contribution < 1.29 is 29.3 Å². The fourth-order valence-corrected chi connectivity index (χ4v) is 2.12. The molecule has 20 heavy (non-hydrogen) atoms. The van der Waals surface area contributed by atoms with Gasteiger partial charge in [-0.1, -0.05) is 0 Å². The summed E-state index contributed by atoms with van der Waals surface area (Å²) in [7, 11) is 0. The van der Waals surface area contributed by atoms with Gasteiger partial charge in [-0.2, -0.15) is 0 Å². The number of aliphatic carboxylic acids is 1. The Morgan fingerprint density at radius 2 is 2.00 bits per heavy atom. The zero-order chi connectivity index (χ0) is 15.3. The molecule has 114 valence electrons. The molecule has 1 aliphatic rings. The first-order valence-corrected chi connectivity index (χ1v) is 6.52. The number of esters is 1. The number of aliphatic hydroxyl groups is 1. The van der Waals surface area contributed by atoms with Crippen LogP contribution in [0, 0.1) is 0 Å². The standard InChI is InChI=1S/C12H20N2O6/c1-3-13(7-10(16)20-4-2)12(19)14-6-8(15)5-9(14)11(17)18/h8-9,15H,3-7H2,1-2H3,(H,17,18)/t8-,9+/m1/s1. The molecule has 0 aliphatic carbocycles. The minimum atomic E-state index is -1.16. The fourth-order valence-electron chi connectivity index (χ4n) is 2.12. The van der Waals surface area contributed by atoms with Crippen molar-refractivity contribution in [1.82, 2.24) is 9.80 Å². The van der Waals surface area contributed by atoms with Crippen LogP contribution in [0.5, 0.6) is 0 Å². The number of urea groups is 1. The normalized spacial score (nSPS) is 21.6. The zero-order valence-electron chi connectivity index (χ0n) is 11.6. The van der Waals surface area contributed by atoms with Crippen LogP contribution in [0.25, 0.3) is 0 Å². The number of aliphatic hydroxyl groups excluding tert-OH is 1. The molecule has 8 nitrogen and oxygen atoms in total. The van der Waals surface area contributed by atoms with Crippen LogP contribution in [-0.4, -0.2) is 76.4 Å². The van der Waals surface area contributed by atoms with Crippen molar-refractivity contribution in [3.05, 3.63) is 0 Å². The van der Waals surface area contributed by atoms with E-state index in [0.29, 0.717) is 0 Å². The van der Waals surface area contributed by atoms with E-state index in [9.17, 15) is 19.5 Å². The summed E-state index contributed by atoms with van der Waals surface area (Å²) in [5.41, 5.74) is 0. The van der Waals surface area contributed by atoms with Gasteiger partial charge in [-0.05, 0) is 13.8 Å². The van der Waals surface area contributed by atoms with Gasteiger partial charge in [0.15, 0.2) is 0 Å². The van der Waals surface area contributed by atoms with E-state index in [4.69, 9.17) is 9.84 Å². The number of carbonyl (C=O) groups excluding carboxylic acids is 2. The first kappa shape index (κ1) is 16.2. The number of nitrogens with zero attached hydrogens (tertiary/aromatic N) is 2. The summed E-state index contributed by atoms with van der Waals surface area (Å²) in [4.78, 5) is 37.0. The van der Waals surface area contributed by atoms with Crippen LogP contribution in [0.3, 0.4) is 0 Å². The average molecular weight is 288 g/mol. The predicted octanol–water partition coefficient (Wildman–Crippen LogP) is -0.489. The van der Waals surface area contributed by atoms with Crippen LogP contribution in [0.2, 0.25) is 0 Å². The second-order valence-corrected chi connectivity index (χ2v) is 4.50. The summed E-state index contributed by atoms with van der Waals surface area (Å²) in [6.07, 6.45) is -0.862. The lowest BCUT2D eigenvalue weighted by Crippen LogP contribution is -2.49. The van der Waals surface area contributed by atoms with Gasteiger partial charge in [-0.25, -0.2) is 9.59 Å². The van der Waals surface area contributed by atoms with Gasteiger partial charge in [0.25, 0.3) is 0 Å². The maximum absolute atomic E-state index is 12.2. The van der Waals surface area contributed by atoms with Gasteiger partial charge in [-0.15, -0.1) is 0 Å². The van der Waals surface area contributed by atoms with E-state index < -0.39 is 30.1 Å². The maximum atomic E-state index is 12.2. The molecule has 0 spiro atoms. The molecule has 0 unspecified atom stereocenters. The summed E-state index contributed by atoms with van der Waals surface area (Å²) in [6.45, 7) is 3.52. The number of ether oxygens (including phenoxy) is 1. The molecule has 1 rings (SSSR count). The molecule has 1 saturated heterocycles. The molecular formula is C12H20N2O6. The molecule has 0 saturated carbocycles. The quantitative estimate of drug-likeness (QED) is 0.661. The molecule has 0 aromatic rings. The third kappa shape index (κ3) is 3.83. The van der Waals surface area contributed by atoms with E-state index in [1.165, 1.54) is 4.90 Å². The second kappa shape index (κ2) is 7.09. The number of carbonyl (C=O) groups is 3. The minimum Gasteiger partial charge on any atom is -0.480 e. The average Bonchev–Trinajstić information content (AvgIpc) is 2.78. The maximum Gasteiger partial charge on any atom is 0.326 e. The zero-order valence-corrected chi connectivity index (χ0v) is 11.6. The number of likely N-dealkylation sites (tertiary alicyclic amines) is 1. The van der Waals surface area contributed by atoms with E-state index in [1.54, 1.807) is 13.8 Å². The third-order valence-corrected chi connectivity index (χ3v) is 3.09. The van der Waals surface area contributed by atoms with Crippen LogP contribution < -0.4 is 0 Å². The van der Waals surface area contributed by atoms with Crippen molar-refractivity contribution in [2.75, 3.05) is 26.2 Å². The molecule has 1 heterocycles. The Morgan fingerprint density at radius 1 is 1.35 bits per heavy atom. The second-order valence-electron chi connectivity index (χ2n) is 4.50. The number of rotatable bonds is 5. The Balaban J connectivity index is 2.74. The van der Waals surface area contributed by atoms with Crippen LogP contribution in [0.1, 0.15) is 20.3 Å². The molecule has 0 aromatic carbocycles. The van der Waals surface area contributed by atoms with E-state index in [0.717, 1.165) is 4.90 Å². The first-order valence-electron chi connectivity index (χ1n) is 6.52. The molecule has 0 bridgehead atoms. The molecule has 2 atom stereocenters. The van der Waals surface area contributed by atoms with Crippen LogP contribution in [-0.2, 0) is 14.3 Å². The van der Waals surface area contributed by atoms with Crippen LogP contribution in [0.15, 0.2) is 0 Å². The number of carboxylic acids is 1. The molecule has 1 fully saturated rings. The number of carboxylic acid groups (broad SMARTS) is 1. The van der Waals surface area contributed by atoms with Gasteiger partial charge >= 0.3 is 18.0 Å². The Hall–Kier alpha value is -1.83. The van der Waals surface area contributed by atoms with Gasteiger partial charge in [0.2, 0.25) is 0 Å². The Morgan fingerprint density at radius 3 is 2.50 bits per heavy atom. The number of likely N-dealkylation sites (N-methyl/N-ethyl adjacent to an activating group) is 1. The Bertz CT molecular complexity index is 386. The van der Waals surface area contributed by atoms with Crippen molar-refractivity contribution in [3.63, 3.8) is 0 Å². The van der Waals surface area contributed by atoms with Crippen molar-refractivity contribution in [1.29, 1.82) is 0 Å². The lowest BCUT2D eigenvalue weighted by atomic mass is 10.2. The van der Waals surface area contributed by atoms with Gasteiger partial charge in [0.05, 0.1) is 12.7 Å². The highest BCUT2D eigenvalue weighted by atomic mass is 16.5. The molecule has 1 aliphatic heterocycles. The van der Waals surface area contributed by atoms with Crippen molar-refractivity contribution in [2.45, 2.75) is 32.4 Å². The Labute approximate surface area is 116 Å². The number of β-amino-alcohol motifs (C(OH)–C–C–N with tert-alkyl or cyclic N) is 1. The van der Waals surface area contributed by atoms with Gasteiger partial charge in [-0.3, -0.25) is 4.79 Å². The van der Waals surface area contributed by atoms with Crippen LogP contribution >= 0.6 is 0 Å². The first-order chi connectivity index (χ1) is 9.40. The number of amides is 2. The van der Waals surface area contributed by atoms with E-state index in [1.807, 2.05) is 0 Å². The fraction of sp³-hybridized carbons (Fsp3) is 0.750. The molecule has 0 aromatic heterocycles. The van der Waals surface area contributed by atoms with E-state index in [2.05, 4.69) is 0 Å². The molecule has 8 heteroatoms. The number of hydrogen-bond donors (Lipinski definition) is 2. The smallest absolute Gasteiger partial charge is 0.326 e. The summed E-state index contributed by atoms with van der Waals surface area (Å²) in [5, 5.41) is 18.6. The highest BCUT2D eigenvalue weighted by molar-refractivity contribution is 5.86. The summed E-state index contributed by atoms with van der Waals surface area (Å²) in [6, 6.07) is -1.64. The highest BCUT2D eigenvalue weighted by Gasteiger charge is 2.40. The molecular weight excluding hydrogens is 268 g/mol. The predicted molar refractivity (Wildman–Crippen MR) is 68.0 cm³/mol. The topological polar surface area (TPSA) is 107 Å². The highest BCUT2D eigenvalue weighted by Crippen LogP contribution is 2.20. The molecule has 0 radical (unpaired) electrons. The SMILES string of the molecule is CCOC(=O)CN(CC)C(=O)N1C[C@H](O)C[C@H]1C(=O)O. The summed E-state index contributed by atoms with van der Waals surface area (Å²) in [5.74, 6) is -1.71. The van der Waals surface area contributed by atoms with Gasteiger partial charge in [0.1, 0.15) is 12.6 Å². The van der Waals surface area contributed by atoms with E-state index in [-0.39, 0.29) is 32.7 Å². The lowest BCUT2D eigenvalue weighted by Gasteiger charge is -2.28. The summed E-state index contributed by atoms with van der Waals surface area (Å²) >= 11 is 0. The lowest BCUT2D eigenvalue weighted by molar-refractivity contribution is -0.143. The van der Waals surface area contributed by atoms with Gasteiger partial charge < -0.3 is 24.7 Å². The molecule has 2 amide bonds. The van der Waals surface area contributed by atoms with Crippen molar-refractivity contribution in [3.8, 4) is 0 Å². The van der Waals surface area contributed by atoms with Crippen LogP contribution in [0.4, 0.5) is 4.79 Å².